The van der Waals surface area contributed by atoms with Crippen molar-refractivity contribution in [2.45, 2.75) is 32.5 Å². The Labute approximate surface area is 118 Å². The van der Waals surface area contributed by atoms with Gasteiger partial charge in [0.1, 0.15) is 5.75 Å². The van der Waals surface area contributed by atoms with Gasteiger partial charge in [-0.15, -0.1) is 0 Å². The second-order valence-electron chi connectivity index (χ2n) is 5.02. The maximum absolute atomic E-state index is 5.80. The monoisotopic (exact) mass is 270 g/mol. The maximum Gasteiger partial charge on any atom is 0.199 e. The van der Waals surface area contributed by atoms with E-state index in [1.54, 1.807) is 0 Å². The van der Waals surface area contributed by atoms with Gasteiger partial charge < -0.3 is 9.47 Å². The van der Waals surface area contributed by atoms with Gasteiger partial charge >= 0.3 is 0 Å². The van der Waals surface area contributed by atoms with Gasteiger partial charge in [0.15, 0.2) is 12.1 Å². The van der Waals surface area contributed by atoms with Crippen molar-refractivity contribution < 1.29 is 9.47 Å². The van der Waals surface area contributed by atoms with Crippen molar-refractivity contribution in [3.8, 4) is 17.1 Å². The molecular weight excluding hydrogens is 252 g/mol. The molecular formula is C16H18N2O2. The molecule has 4 nitrogen and oxygen atoms in total. The van der Waals surface area contributed by atoms with Crippen molar-refractivity contribution in [2.75, 3.05) is 6.61 Å². The van der Waals surface area contributed by atoms with Crippen LogP contribution in [0, 0.1) is 6.92 Å². The first-order valence-electron chi connectivity index (χ1n) is 6.98. The van der Waals surface area contributed by atoms with Crippen molar-refractivity contribution in [3.63, 3.8) is 0 Å². The van der Waals surface area contributed by atoms with Crippen molar-refractivity contribution >= 4 is 0 Å². The van der Waals surface area contributed by atoms with Crippen molar-refractivity contribution in [3.05, 3.63) is 42.2 Å². The van der Waals surface area contributed by atoms with E-state index in [0.717, 1.165) is 42.1 Å². The third kappa shape index (κ3) is 3.14. The average molecular weight is 270 g/mol. The van der Waals surface area contributed by atoms with Crippen LogP contribution in [-0.2, 0) is 4.74 Å². The van der Waals surface area contributed by atoms with Crippen LogP contribution in [-0.4, -0.2) is 22.9 Å². The number of nitrogens with zero attached hydrogens (tertiary/aromatic N) is 2. The molecule has 0 saturated carbocycles. The Balaban J connectivity index is 1.69. The zero-order valence-electron chi connectivity index (χ0n) is 11.6. The van der Waals surface area contributed by atoms with Crippen LogP contribution in [0.1, 0.15) is 24.8 Å². The zero-order valence-corrected chi connectivity index (χ0v) is 11.6. The molecule has 4 heteroatoms. The lowest BCUT2D eigenvalue weighted by Gasteiger charge is -2.23. The maximum atomic E-state index is 5.80. The molecule has 0 aliphatic carbocycles. The molecule has 0 radical (unpaired) electrons. The molecule has 2 aromatic rings. The van der Waals surface area contributed by atoms with Crippen LogP contribution in [0.25, 0.3) is 11.4 Å². The van der Waals surface area contributed by atoms with Crippen LogP contribution in [0.15, 0.2) is 36.7 Å². The van der Waals surface area contributed by atoms with Gasteiger partial charge in [-0.25, -0.2) is 9.97 Å². The Kier molecular flexibility index (Phi) is 3.92. The highest BCUT2D eigenvalue weighted by Crippen LogP contribution is 2.22. The van der Waals surface area contributed by atoms with Crippen molar-refractivity contribution in [2.24, 2.45) is 0 Å². The molecule has 1 aliphatic rings. The summed E-state index contributed by atoms with van der Waals surface area (Å²) in [7, 11) is 0. The van der Waals surface area contributed by atoms with Crippen molar-refractivity contribution in [1.29, 1.82) is 0 Å². The molecule has 1 unspecified atom stereocenters. The number of benzene rings is 1. The standard InChI is InChI=1S/C16H18N2O2/c1-12-10-17-16(18-11-12)13-5-7-14(8-6-13)20-15-4-2-3-9-19-15/h5-8,10-11,15H,2-4,9H2,1H3. The molecule has 1 saturated heterocycles. The molecule has 1 fully saturated rings. The Morgan fingerprint density at radius 3 is 2.50 bits per heavy atom. The molecule has 0 amide bonds. The fraction of sp³-hybridized carbons (Fsp3) is 0.375. The van der Waals surface area contributed by atoms with E-state index in [0.29, 0.717) is 0 Å². The van der Waals surface area contributed by atoms with E-state index in [1.165, 1.54) is 6.42 Å². The minimum Gasteiger partial charge on any atom is -0.465 e. The minimum atomic E-state index is -0.106. The van der Waals surface area contributed by atoms with Gasteiger partial charge in [0.25, 0.3) is 0 Å². The quantitative estimate of drug-likeness (QED) is 0.858. The second kappa shape index (κ2) is 6.01. The molecule has 2 heterocycles. The predicted octanol–water partition coefficient (Wildman–Crippen LogP) is 3.36. The summed E-state index contributed by atoms with van der Waals surface area (Å²) in [4.78, 5) is 8.63. The summed E-state index contributed by atoms with van der Waals surface area (Å²) in [5.41, 5.74) is 2.05. The Morgan fingerprint density at radius 2 is 1.85 bits per heavy atom. The molecule has 1 aromatic heterocycles. The fourth-order valence-corrected chi connectivity index (χ4v) is 2.18. The van der Waals surface area contributed by atoms with Crippen molar-refractivity contribution in [1.82, 2.24) is 9.97 Å². The minimum absolute atomic E-state index is 0.106. The van der Waals surface area contributed by atoms with E-state index in [9.17, 15) is 0 Å². The van der Waals surface area contributed by atoms with Gasteiger partial charge in [0, 0.05) is 24.4 Å². The molecule has 1 aromatic carbocycles. The van der Waals surface area contributed by atoms with Gasteiger partial charge in [-0.1, -0.05) is 0 Å². The molecule has 0 bridgehead atoms. The van der Waals surface area contributed by atoms with Crippen LogP contribution in [0.2, 0.25) is 0 Å². The summed E-state index contributed by atoms with van der Waals surface area (Å²) >= 11 is 0. The molecule has 1 aliphatic heterocycles. The van der Waals surface area contributed by atoms with Gasteiger partial charge in [-0.3, -0.25) is 0 Å². The van der Waals surface area contributed by atoms with Crippen LogP contribution < -0.4 is 4.74 Å². The lowest BCUT2D eigenvalue weighted by molar-refractivity contribution is -0.105. The Morgan fingerprint density at radius 1 is 1.10 bits per heavy atom. The molecule has 0 spiro atoms. The van der Waals surface area contributed by atoms with E-state index < -0.39 is 0 Å². The summed E-state index contributed by atoms with van der Waals surface area (Å²) < 4.78 is 11.4. The number of hydrogen-bond donors (Lipinski definition) is 0. The second-order valence-corrected chi connectivity index (χ2v) is 5.02. The normalized spacial score (nSPS) is 18.8. The molecule has 104 valence electrons. The van der Waals surface area contributed by atoms with Gasteiger partial charge in [-0.05, 0) is 49.6 Å². The van der Waals surface area contributed by atoms with Crippen LogP contribution in [0.4, 0.5) is 0 Å². The number of aryl methyl sites for hydroxylation is 1. The fourth-order valence-electron chi connectivity index (χ4n) is 2.18. The summed E-state index contributed by atoms with van der Waals surface area (Å²) in [6.07, 6.45) is 6.79. The summed E-state index contributed by atoms with van der Waals surface area (Å²) in [6.45, 7) is 2.77. The highest BCUT2D eigenvalue weighted by Gasteiger charge is 2.15. The molecule has 3 rings (SSSR count). The number of aromatic nitrogens is 2. The summed E-state index contributed by atoms with van der Waals surface area (Å²) in [5, 5.41) is 0. The summed E-state index contributed by atoms with van der Waals surface area (Å²) in [6, 6.07) is 7.83. The lowest BCUT2D eigenvalue weighted by atomic mass is 10.2. The lowest BCUT2D eigenvalue weighted by Crippen LogP contribution is -2.24. The zero-order chi connectivity index (χ0) is 13.8. The van der Waals surface area contributed by atoms with Gasteiger partial charge in [0.05, 0.1) is 6.61 Å². The molecule has 1 atom stereocenters. The average Bonchev–Trinajstić information content (AvgIpc) is 2.50. The van der Waals surface area contributed by atoms with E-state index in [-0.39, 0.29) is 6.29 Å². The van der Waals surface area contributed by atoms with Gasteiger partial charge in [0.2, 0.25) is 0 Å². The number of rotatable bonds is 3. The Hall–Kier alpha value is -1.94. The topological polar surface area (TPSA) is 44.2 Å². The van der Waals surface area contributed by atoms with Crippen LogP contribution >= 0.6 is 0 Å². The first-order chi connectivity index (χ1) is 9.81. The van der Waals surface area contributed by atoms with Crippen LogP contribution in [0.5, 0.6) is 5.75 Å². The highest BCUT2D eigenvalue weighted by molar-refractivity contribution is 5.55. The largest absolute Gasteiger partial charge is 0.465 e. The molecule has 20 heavy (non-hydrogen) atoms. The third-order valence-electron chi connectivity index (χ3n) is 3.30. The SMILES string of the molecule is Cc1cnc(-c2ccc(OC3CCCCO3)cc2)nc1. The van der Waals surface area contributed by atoms with E-state index in [1.807, 2.05) is 43.6 Å². The first kappa shape index (κ1) is 13.1. The molecule has 0 N–H and O–H groups in total. The highest BCUT2D eigenvalue weighted by atomic mass is 16.7. The smallest absolute Gasteiger partial charge is 0.199 e. The first-order valence-corrected chi connectivity index (χ1v) is 6.98. The Bertz CT molecular complexity index is 546. The van der Waals surface area contributed by atoms with E-state index in [2.05, 4.69) is 9.97 Å². The third-order valence-corrected chi connectivity index (χ3v) is 3.30. The predicted molar refractivity (Wildman–Crippen MR) is 76.4 cm³/mol. The van der Waals surface area contributed by atoms with Gasteiger partial charge in [-0.2, -0.15) is 0 Å². The summed E-state index contributed by atoms with van der Waals surface area (Å²) in [5.74, 6) is 1.56. The number of hydrogen-bond acceptors (Lipinski definition) is 4. The number of ether oxygens (including phenoxy) is 2. The van der Waals surface area contributed by atoms with Crippen LogP contribution in [0.3, 0.4) is 0 Å². The van der Waals surface area contributed by atoms with E-state index >= 15 is 0 Å². The van der Waals surface area contributed by atoms with E-state index in [4.69, 9.17) is 9.47 Å².